The first-order valence-corrected chi connectivity index (χ1v) is 6.59. The van der Waals surface area contributed by atoms with E-state index in [9.17, 15) is 9.59 Å². The molecular weight excluding hydrogens is 284 g/mol. The lowest BCUT2D eigenvalue weighted by atomic mass is 9.92. The molecule has 3 heteroatoms. The van der Waals surface area contributed by atoms with Gasteiger partial charge < -0.3 is 0 Å². The average Bonchev–Trinajstić information content (AvgIpc) is 2.35. The summed E-state index contributed by atoms with van der Waals surface area (Å²) >= 11 is 5.77. The number of hydrogen-bond donors (Lipinski definition) is 0. The smallest absolute Gasteiger partial charge is 0.205 e. The fourth-order valence-electron chi connectivity index (χ4n) is 2.06. The lowest BCUT2D eigenvalue weighted by Crippen LogP contribution is -2.14. The van der Waals surface area contributed by atoms with Gasteiger partial charge in [-0.2, -0.15) is 0 Å². The Kier molecular flexibility index (Phi) is 7.31. The Balaban J connectivity index is 0.00000200. The molecule has 2 rings (SSSR count). The van der Waals surface area contributed by atoms with Crippen LogP contribution in [0.1, 0.15) is 61.4 Å². The molecular formula is C18H23ClO2. The Morgan fingerprint density at radius 1 is 1.14 bits per heavy atom. The molecule has 0 unspecified atom stereocenters. The number of carbonyl (C=O) groups is 2. The van der Waals surface area contributed by atoms with Crippen molar-refractivity contribution in [1.29, 1.82) is 0 Å². The molecule has 0 heterocycles. The maximum atomic E-state index is 11.9. The van der Waals surface area contributed by atoms with Gasteiger partial charge in [0.1, 0.15) is 0 Å². The lowest BCUT2D eigenvalue weighted by molar-refractivity contribution is 0.0990. The van der Waals surface area contributed by atoms with Gasteiger partial charge >= 0.3 is 0 Å². The molecule has 1 aliphatic rings. The first-order valence-electron chi connectivity index (χ1n) is 6.21. The van der Waals surface area contributed by atoms with Crippen molar-refractivity contribution in [2.45, 2.75) is 41.5 Å². The summed E-state index contributed by atoms with van der Waals surface area (Å²) in [5.41, 5.74) is 3.19. The maximum Gasteiger partial charge on any atom is 0.205 e. The van der Waals surface area contributed by atoms with Gasteiger partial charge in [0.05, 0.1) is 5.03 Å². The number of allylic oxidation sites excluding steroid dienone is 4. The minimum absolute atomic E-state index is 0. The molecule has 0 fully saturated rings. The van der Waals surface area contributed by atoms with E-state index in [0.29, 0.717) is 11.1 Å². The van der Waals surface area contributed by atoms with E-state index >= 15 is 0 Å². The zero-order chi connectivity index (χ0) is 14.0. The van der Waals surface area contributed by atoms with Crippen LogP contribution in [0.5, 0.6) is 0 Å². The molecule has 2 nitrogen and oxygen atoms in total. The number of fused-ring (bicyclic) bond motifs is 1. The lowest BCUT2D eigenvalue weighted by Gasteiger charge is -2.12. The SMILES string of the molecule is C.C.CC(C)=CCCc1ccc2c(c1)C(=O)C(Cl)=CC2=O. The zero-order valence-corrected chi connectivity index (χ0v) is 11.8. The first-order chi connectivity index (χ1) is 8.99. The van der Waals surface area contributed by atoms with Gasteiger partial charge in [0.15, 0.2) is 5.78 Å². The molecule has 114 valence electrons. The number of benzene rings is 1. The third-order valence-corrected chi connectivity index (χ3v) is 3.34. The normalized spacial score (nSPS) is 12.6. The monoisotopic (exact) mass is 306 g/mol. The van der Waals surface area contributed by atoms with E-state index in [4.69, 9.17) is 11.6 Å². The van der Waals surface area contributed by atoms with Gasteiger partial charge in [0.2, 0.25) is 5.78 Å². The molecule has 1 aliphatic carbocycles. The molecule has 1 aromatic carbocycles. The highest BCUT2D eigenvalue weighted by molar-refractivity contribution is 6.49. The van der Waals surface area contributed by atoms with E-state index in [1.54, 1.807) is 12.1 Å². The van der Waals surface area contributed by atoms with Gasteiger partial charge in [-0.3, -0.25) is 9.59 Å². The predicted octanol–water partition coefficient (Wildman–Crippen LogP) is 5.36. The zero-order valence-electron chi connectivity index (χ0n) is 11.0. The van der Waals surface area contributed by atoms with Gasteiger partial charge in [0.25, 0.3) is 0 Å². The van der Waals surface area contributed by atoms with E-state index < -0.39 is 0 Å². The van der Waals surface area contributed by atoms with Crippen LogP contribution in [0.15, 0.2) is 41.0 Å². The number of ketones is 2. The van der Waals surface area contributed by atoms with Crippen LogP contribution < -0.4 is 0 Å². The predicted molar refractivity (Wildman–Crippen MR) is 90.3 cm³/mol. The number of carbonyl (C=O) groups excluding carboxylic acids is 2. The molecule has 0 saturated heterocycles. The molecule has 0 bridgehead atoms. The minimum atomic E-state index is -0.264. The quantitative estimate of drug-likeness (QED) is 0.704. The number of halogens is 1. The van der Waals surface area contributed by atoms with E-state index in [2.05, 4.69) is 19.9 Å². The molecule has 0 atom stereocenters. The number of hydrogen-bond acceptors (Lipinski definition) is 2. The van der Waals surface area contributed by atoms with Crippen LogP contribution in [-0.2, 0) is 6.42 Å². The summed E-state index contributed by atoms with van der Waals surface area (Å²) in [6, 6.07) is 5.40. The fraction of sp³-hybridized carbons (Fsp3) is 0.333. The van der Waals surface area contributed by atoms with Crippen molar-refractivity contribution >= 4 is 23.2 Å². The van der Waals surface area contributed by atoms with Crippen molar-refractivity contribution in [3.63, 3.8) is 0 Å². The molecule has 1 aromatic rings. The van der Waals surface area contributed by atoms with Crippen LogP contribution in [0.3, 0.4) is 0 Å². The molecule has 0 spiro atoms. The second kappa shape index (κ2) is 7.94. The molecule has 0 aliphatic heterocycles. The third-order valence-electron chi connectivity index (χ3n) is 3.05. The van der Waals surface area contributed by atoms with Crippen molar-refractivity contribution in [1.82, 2.24) is 0 Å². The number of rotatable bonds is 3. The van der Waals surface area contributed by atoms with E-state index in [-0.39, 0.29) is 31.5 Å². The Morgan fingerprint density at radius 2 is 1.81 bits per heavy atom. The van der Waals surface area contributed by atoms with Crippen LogP contribution in [0, 0.1) is 0 Å². The minimum Gasteiger partial charge on any atom is -0.289 e. The Labute approximate surface area is 132 Å². The Morgan fingerprint density at radius 3 is 2.43 bits per heavy atom. The van der Waals surface area contributed by atoms with Gasteiger partial charge in [-0.05, 0) is 38.3 Å². The van der Waals surface area contributed by atoms with Crippen LogP contribution in [-0.4, -0.2) is 11.6 Å². The Bertz CT molecular complexity index is 606. The summed E-state index contributed by atoms with van der Waals surface area (Å²) in [6.07, 6.45) is 5.11. The molecule has 0 aromatic heterocycles. The van der Waals surface area contributed by atoms with Gasteiger partial charge in [-0.15, -0.1) is 0 Å². The van der Waals surface area contributed by atoms with Gasteiger partial charge in [-0.25, -0.2) is 0 Å². The summed E-state index contributed by atoms with van der Waals surface area (Å²) < 4.78 is 0. The van der Waals surface area contributed by atoms with Gasteiger partial charge in [0, 0.05) is 17.2 Å². The summed E-state index contributed by atoms with van der Waals surface area (Å²) in [4.78, 5) is 23.7. The standard InChI is InChI=1S/C16H15ClO2.2CH4/c1-10(2)4-3-5-11-6-7-12-13(8-11)16(19)14(17)9-15(12)18;;/h4,6-9H,3,5H2,1-2H3;2*1H4. The van der Waals surface area contributed by atoms with Crippen LogP contribution in [0.2, 0.25) is 0 Å². The van der Waals surface area contributed by atoms with E-state index in [1.165, 1.54) is 11.6 Å². The first kappa shape index (κ1) is 19.3. The Hall–Kier alpha value is -1.67. The van der Waals surface area contributed by atoms with Crippen molar-refractivity contribution in [3.05, 3.63) is 57.6 Å². The topological polar surface area (TPSA) is 34.1 Å². The molecule has 0 amide bonds. The second-order valence-corrected chi connectivity index (χ2v) is 5.29. The fourth-order valence-corrected chi connectivity index (χ4v) is 2.27. The molecule has 0 radical (unpaired) electrons. The van der Waals surface area contributed by atoms with Crippen LogP contribution in [0.4, 0.5) is 0 Å². The largest absolute Gasteiger partial charge is 0.289 e. The van der Waals surface area contributed by atoms with Gasteiger partial charge in [-0.1, -0.05) is 50.2 Å². The highest BCUT2D eigenvalue weighted by Crippen LogP contribution is 2.24. The molecule has 0 saturated carbocycles. The van der Waals surface area contributed by atoms with Crippen molar-refractivity contribution in [2.75, 3.05) is 0 Å². The van der Waals surface area contributed by atoms with Crippen molar-refractivity contribution in [3.8, 4) is 0 Å². The number of Topliss-reactive ketones (excluding diaryl/α,β-unsaturated/α-hetero) is 1. The van der Waals surface area contributed by atoms with Crippen LogP contribution in [0.25, 0.3) is 0 Å². The van der Waals surface area contributed by atoms with Crippen molar-refractivity contribution < 1.29 is 9.59 Å². The summed E-state index contributed by atoms with van der Waals surface area (Å²) in [5.74, 6) is -0.462. The third kappa shape index (κ3) is 4.40. The summed E-state index contributed by atoms with van der Waals surface area (Å²) in [6.45, 7) is 4.11. The summed E-state index contributed by atoms with van der Waals surface area (Å²) in [7, 11) is 0. The summed E-state index contributed by atoms with van der Waals surface area (Å²) in [5, 5.41) is -0.000974. The highest BCUT2D eigenvalue weighted by atomic mass is 35.5. The second-order valence-electron chi connectivity index (χ2n) is 4.89. The molecule has 21 heavy (non-hydrogen) atoms. The average molecular weight is 307 g/mol. The van der Waals surface area contributed by atoms with Crippen molar-refractivity contribution in [2.24, 2.45) is 0 Å². The highest BCUT2D eigenvalue weighted by Gasteiger charge is 2.24. The van der Waals surface area contributed by atoms with Crippen LogP contribution >= 0.6 is 11.6 Å². The van der Waals surface area contributed by atoms with E-state index in [1.807, 2.05) is 6.07 Å². The maximum absolute atomic E-state index is 11.9. The number of aryl methyl sites for hydroxylation is 1. The molecule has 0 N–H and O–H groups in total. The van der Waals surface area contributed by atoms with E-state index in [0.717, 1.165) is 18.4 Å².